The summed E-state index contributed by atoms with van der Waals surface area (Å²) in [5.41, 5.74) is 0.771. The molecule has 0 saturated carbocycles. The molecule has 0 spiro atoms. The Morgan fingerprint density at radius 1 is 1.41 bits per heavy atom. The van der Waals surface area contributed by atoms with Crippen LogP contribution in [0.15, 0.2) is 16.6 Å². The molecule has 0 saturated heterocycles. The van der Waals surface area contributed by atoms with Crippen LogP contribution in [0.25, 0.3) is 0 Å². The number of hydrogen-bond donors (Lipinski definition) is 1. The highest BCUT2D eigenvalue weighted by Gasteiger charge is 2.18. The molecular formula is C13H14BrNO2. The van der Waals surface area contributed by atoms with Crippen molar-refractivity contribution in [2.45, 2.75) is 25.9 Å². The maximum Gasteiger partial charge on any atom is 0.231 e. The molecule has 3 nitrogen and oxygen atoms in total. The van der Waals surface area contributed by atoms with E-state index in [2.05, 4.69) is 27.2 Å². The number of fused-ring (bicyclic) bond motifs is 1. The summed E-state index contributed by atoms with van der Waals surface area (Å²) in [5, 5.41) is 3.29. The summed E-state index contributed by atoms with van der Waals surface area (Å²) >= 11 is 3.51. The highest BCUT2D eigenvalue weighted by atomic mass is 79.9. The summed E-state index contributed by atoms with van der Waals surface area (Å²) in [6, 6.07) is 3.88. The lowest BCUT2D eigenvalue weighted by atomic mass is 10.1. The average Bonchev–Trinajstić information content (AvgIpc) is 2.73. The smallest absolute Gasteiger partial charge is 0.231 e. The van der Waals surface area contributed by atoms with Crippen molar-refractivity contribution in [3.8, 4) is 23.8 Å². The van der Waals surface area contributed by atoms with Gasteiger partial charge in [0.25, 0.3) is 0 Å². The zero-order chi connectivity index (χ0) is 12.5. The van der Waals surface area contributed by atoms with Crippen LogP contribution >= 0.6 is 15.9 Å². The minimum atomic E-state index is -0.324. The second-order valence-corrected chi connectivity index (χ2v) is 5.27. The molecule has 1 heterocycles. The highest BCUT2D eigenvalue weighted by Crippen LogP contribution is 2.36. The molecular weight excluding hydrogens is 282 g/mol. The largest absolute Gasteiger partial charge is 0.454 e. The maximum atomic E-state index is 5.43. The van der Waals surface area contributed by atoms with Crippen molar-refractivity contribution in [3.63, 3.8) is 0 Å². The summed E-state index contributed by atoms with van der Waals surface area (Å²) in [5.74, 6) is 4.26. The van der Waals surface area contributed by atoms with Crippen LogP contribution in [0.5, 0.6) is 11.5 Å². The van der Waals surface area contributed by atoms with Crippen LogP contribution < -0.4 is 14.8 Å². The predicted octanol–water partition coefficient (Wildman–Crippen LogP) is 2.68. The molecule has 90 valence electrons. The average molecular weight is 296 g/mol. The first-order chi connectivity index (χ1) is 8.02. The van der Waals surface area contributed by atoms with Crippen molar-refractivity contribution in [2.75, 3.05) is 6.79 Å². The summed E-state index contributed by atoms with van der Waals surface area (Å²) in [6.45, 7) is 4.89. The third-order valence-electron chi connectivity index (χ3n) is 2.62. The van der Waals surface area contributed by atoms with E-state index in [0.717, 1.165) is 21.5 Å². The zero-order valence-corrected chi connectivity index (χ0v) is 11.4. The Morgan fingerprint density at radius 2 is 2.06 bits per heavy atom. The Balaban J connectivity index is 2.15. The van der Waals surface area contributed by atoms with Crippen molar-refractivity contribution in [1.29, 1.82) is 0 Å². The molecule has 0 atom stereocenters. The fourth-order valence-electron chi connectivity index (χ4n) is 1.46. The van der Waals surface area contributed by atoms with Crippen LogP contribution in [0, 0.1) is 12.3 Å². The van der Waals surface area contributed by atoms with E-state index in [4.69, 9.17) is 15.9 Å². The number of halogens is 1. The molecule has 0 fully saturated rings. The summed E-state index contributed by atoms with van der Waals surface area (Å²) < 4.78 is 11.6. The molecule has 0 aliphatic carbocycles. The lowest BCUT2D eigenvalue weighted by molar-refractivity contribution is 0.174. The first kappa shape index (κ1) is 12.3. The van der Waals surface area contributed by atoms with Crippen LogP contribution in [-0.2, 0) is 6.54 Å². The number of benzene rings is 1. The molecule has 0 aromatic heterocycles. The van der Waals surface area contributed by atoms with Crippen molar-refractivity contribution >= 4 is 15.9 Å². The van der Waals surface area contributed by atoms with Gasteiger partial charge in [-0.1, -0.05) is 21.9 Å². The highest BCUT2D eigenvalue weighted by molar-refractivity contribution is 9.10. The topological polar surface area (TPSA) is 30.5 Å². The predicted molar refractivity (Wildman–Crippen MR) is 70.0 cm³/mol. The molecule has 0 radical (unpaired) electrons. The van der Waals surface area contributed by atoms with Gasteiger partial charge in [-0.25, -0.2) is 0 Å². The van der Waals surface area contributed by atoms with Crippen LogP contribution in [0.4, 0.5) is 0 Å². The summed E-state index contributed by atoms with van der Waals surface area (Å²) in [6.07, 6.45) is 5.43. The van der Waals surface area contributed by atoms with E-state index in [9.17, 15) is 0 Å². The molecule has 1 aliphatic rings. The second-order valence-electron chi connectivity index (χ2n) is 4.42. The zero-order valence-electron chi connectivity index (χ0n) is 9.84. The van der Waals surface area contributed by atoms with Gasteiger partial charge in [-0.2, -0.15) is 0 Å². The third kappa shape index (κ3) is 2.74. The summed E-state index contributed by atoms with van der Waals surface area (Å²) in [7, 11) is 0. The van der Waals surface area contributed by atoms with E-state index in [0.29, 0.717) is 6.54 Å². The van der Waals surface area contributed by atoms with Gasteiger partial charge in [0.2, 0.25) is 6.79 Å². The number of nitrogens with one attached hydrogen (secondary N) is 1. The molecule has 17 heavy (non-hydrogen) atoms. The first-order valence-electron chi connectivity index (χ1n) is 5.33. The van der Waals surface area contributed by atoms with Crippen LogP contribution in [-0.4, -0.2) is 12.3 Å². The van der Waals surface area contributed by atoms with Crippen LogP contribution in [0.1, 0.15) is 19.4 Å². The fourth-order valence-corrected chi connectivity index (χ4v) is 1.92. The molecule has 4 heteroatoms. The van der Waals surface area contributed by atoms with Gasteiger partial charge in [0.15, 0.2) is 11.5 Å². The van der Waals surface area contributed by atoms with Crippen molar-refractivity contribution in [3.05, 3.63) is 22.2 Å². The van der Waals surface area contributed by atoms with Gasteiger partial charge in [-0.05, 0) is 31.5 Å². The van der Waals surface area contributed by atoms with Gasteiger partial charge in [0.05, 0.1) is 5.54 Å². The van der Waals surface area contributed by atoms with Gasteiger partial charge in [0, 0.05) is 11.0 Å². The SMILES string of the molecule is C#CC(C)(C)NCc1cc2c(cc1Br)OCO2. The monoisotopic (exact) mass is 295 g/mol. The van der Waals surface area contributed by atoms with Gasteiger partial charge in [0.1, 0.15) is 0 Å². The standard InChI is InChI=1S/C13H14BrNO2/c1-4-13(2,3)15-7-9-5-11-12(6-10(9)14)17-8-16-11/h1,5-6,15H,7-8H2,2-3H3. The molecule has 1 aromatic carbocycles. The Bertz CT molecular complexity index is 477. The van der Waals surface area contributed by atoms with Gasteiger partial charge in [-0.3, -0.25) is 5.32 Å². The minimum absolute atomic E-state index is 0.286. The number of ether oxygens (including phenoxy) is 2. The lowest BCUT2D eigenvalue weighted by Crippen LogP contribution is -2.36. The Hall–Kier alpha value is -1.18. The second kappa shape index (κ2) is 4.59. The number of hydrogen-bond acceptors (Lipinski definition) is 3. The Kier molecular flexibility index (Phi) is 3.32. The molecule has 2 rings (SSSR count). The quantitative estimate of drug-likeness (QED) is 0.870. The van der Waals surface area contributed by atoms with E-state index < -0.39 is 0 Å². The summed E-state index contributed by atoms with van der Waals surface area (Å²) in [4.78, 5) is 0. The van der Waals surface area contributed by atoms with Gasteiger partial charge >= 0.3 is 0 Å². The Morgan fingerprint density at radius 3 is 2.71 bits per heavy atom. The van der Waals surface area contributed by atoms with Crippen molar-refractivity contribution in [1.82, 2.24) is 5.32 Å². The maximum absolute atomic E-state index is 5.43. The lowest BCUT2D eigenvalue weighted by Gasteiger charge is -2.20. The minimum Gasteiger partial charge on any atom is -0.454 e. The van der Waals surface area contributed by atoms with Gasteiger partial charge < -0.3 is 9.47 Å². The van der Waals surface area contributed by atoms with Crippen molar-refractivity contribution in [2.24, 2.45) is 0 Å². The number of rotatable bonds is 3. The third-order valence-corrected chi connectivity index (χ3v) is 3.36. The van der Waals surface area contributed by atoms with E-state index in [1.807, 2.05) is 26.0 Å². The number of terminal acetylenes is 1. The van der Waals surface area contributed by atoms with E-state index >= 15 is 0 Å². The van der Waals surface area contributed by atoms with Crippen LogP contribution in [0.2, 0.25) is 0 Å². The van der Waals surface area contributed by atoms with Crippen LogP contribution in [0.3, 0.4) is 0 Å². The van der Waals surface area contributed by atoms with E-state index in [1.165, 1.54) is 0 Å². The molecule has 0 bridgehead atoms. The van der Waals surface area contributed by atoms with Crippen molar-refractivity contribution < 1.29 is 9.47 Å². The molecule has 1 aliphatic heterocycles. The molecule has 0 amide bonds. The molecule has 1 N–H and O–H groups in total. The van der Waals surface area contributed by atoms with E-state index in [1.54, 1.807) is 0 Å². The normalized spacial score (nSPS) is 13.5. The molecule has 1 aromatic rings. The first-order valence-corrected chi connectivity index (χ1v) is 6.12. The van der Waals surface area contributed by atoms with Gasteiger partial charge in [-0.15, -0.1) is 6.42 Å². The Labute approximate surface area is 110 Å². The fraction of sp³-hybridized carbons (Fsp3) is 0.385. The molecule has 0 unspecified atom stereocenters. The van der Waals surface area contributed by atoms with E-state index in [-0.39, 0.29) is 12.3 Å².